The van der Waals surface area contributed by atoms with Crippen molar-refractivity contribution in [2.45, 2.75) is 39.5 Å². The predicted molar refractivity (Wildman–Crippen MR) is 96.1 cm³/mol. The Labute approximate surface area is 140 Å². The third-order valence-corrected chi connectivity index (χ3v) is 4.34. The third kappa shape index (κ3) is 4.39. The molecule has 23 heavy (non-hydrogen) atoms. The van der Waals surface area contributed by atoms with Crippen molar-refractivity contribution in [1.29, 1.82) is 0 Å². The van der Waals surface area contributed by atoms with Crippen LogP contribution in [0.2, 0.25) is 0 Å². The molecule has 2 aromatic rings. The van der Waals surface area contributed by atoms with Crippen molar-refractivity contribution in [3.63, 3.8) is 0 Å². The van der Waals surface area contributed by atoms with Gasteiger partial charge < -0.3 is 5.73 Å². The Hall–Kier alpha value is -2.21. The number of benzene rings is 1. The highest BCUT2D eigenvalue weighted by Gasteiger charge is 2.15. The fourth-order valence-corrected chi connectivity index (χ4v) is 2.88. The maximum atomic E-state index is 12.1. The average Bonchev–Trinajstić information content (AvgIpc) is 2.88. The number of carbonyl (C=O) groups excluding carboxylic acids is 1. The first kappa shape index (κ1) is 17.1. The van der Waals surface area contributed by atoms with Crippen molar-refractivity contribution in [3.8, 4) is 0 Å². The largest absolute Gasteiger partial charge is 0.375 e. The number of hydrazone groups is 1. The quantitative estimate of drug-likeness (QED) is 0.666. The molecule has 3 N–H and O–H groups in total. The summed E-state index contributed by atoms with van der Waals surface area (Å²) in [6, 6.07) is 8.11. The topological polar surface area (TPSA) is 80.4 Å². The molecule has 1 aromatic heterocycles. The monoisotopic (exact) mass is 330 g/mol. The molecule has 0 bridgehead atoms. The van der Waals surface area contributed by atoms with E-state index in [0.717, 1.165) is 5.56 Å². The first-order valence-electron chi connectivity index (χ1n) is 7.50. The minimum atomic E-state index is -0.279. The standard InChI is InChI=1S/C17H22N4OS/c1-5-13-14(23-16(18)20-13)15(22)21-19-10-11-6-8-12(9-7-11)17(2,3)4/h6-10H,5H2,1-4H3,(H2,18,20)(H,21,22). The summed E-state index contributed by atoms with van der Waals surface area (Å²) in [4.78, 5) is 16.8. The van der Waals surface area contributed by atoms with Gasteiger partial charge in [0, 0.05) is 0 Å². The van der Waals surface area contributed by atoms with Crippen LogP contribution in [0.3, 0.4) is 0 Å². The molecular formula is C17H22N4OS. The number of nitrogens with zero attached hydrogens (tertiary/aromatic N) is 2. The van der Waals surface area contributed by atoms with E-state index in [2.05, 4.69) is 48.4 Å². The maximum absolute atomic E-state index is 12.1. The number of nitrogens with one attached hydrogen (secondary N) is 1. The van der Waals surface area contributed by atoms with Crippen LogP contribution in [0.25, 0.3) is 0 Å². The van der Waals surface area contributed by atoms with Gasteiger partial charge in [-0.2, -0.15) is 5.10 Å². The SMILES string of the molecule is CCc1nc(N)sc1C(=O)NN=Cc1ccc(C(C)(C)C)cc1. The molecule has 0 unspecified atom stereocenters. The fourth-order valence-electron chi connectivity index (χ4n) is 2.07. The van der Waals surface area contributed by atoms with Gasteiger partial charge in [0.2, 0.25) is 0 Å². The summed E-state index contributed by atoms with van der Waals surface area (Å²) in [6.07, 6.45) is 2.29. The molecular weight excluding hydrogens is 308 g/mol. The summed E-state index contributed by atoms with van der Waals surface area (Å²) in [7, 11) is 0. The molecule has 5 nitrogen and oxygen atoms in total. The summed E-state index contributed by atoms with van der Waals surface area (Å²) < 4.78 is 0. The van der Waals surface area contributed by atoms with Gasteiger partial charge in [-0.25, -0.2) is 10.4 Å². The number of nitrogens with two attached hydrogens (primary N) is 1. The van der Waals surface area contributed by atoms with Crippen LogP contribution in [0.4, 0.5) is 5.13 Å². The Morgan fingerprint density at radius 3 is 2.57 bits per heavy atom. The van der Waals surface area contributed by atoms with E-state index in [1.165, 1.54) is 16.9 Å². The third-order valence-electron chi connectivity index (χ3n) is 3.41. The van der Waals surface area contributed by atoms with Crippen molar-refractivity contribution < 1.29 is 4.79 Å². The highest BCUT2D eigenvalue weighted by Crippen LogP contribution is 2.22. The number of nitrogen functional groups attached to an aromatic ring is 1. The molecule has 0 saturated carbocycles. The highest BCUT2D eigenvalue weighted by molar-refractivity contribution is 7.17. The predicted octanol–water partition coefficient (Wildman–Crippen LogP) is 3.35. The van der Waals surface area contributed by atoms with Crippen LogP contribution in [0.1, 0.15) is 54.2 Å². The first-order valence-corrected chi connectivity index (χ1v) is 8.32. The molecule has 0 fully saturated rings. The second-order valence-corrected chi connectivity index (χ2v) is 7.28. The number of aryl methyl sites for hydroxylation is 1. The number of aromatic nitrogens is 1. The number of rotatable bonds is 4. The molecule has 2 rings (SSSR count). The van der Waals surface area contributed by atoms with Crippen molar-refractivity contribution in [2.24, 2.45) is 5.10 Å². The summed E-state index contributed by atoms with van der Waals surface area (Å²) in [5, 5.41) is 4.40. The first-order chi connectivity index (χ1) is 10.8. The van der Waals surface area contributed by atoms with E-state index in [-0.39, 0.29) is 11.3 Å². The molecule has 6 heteroatoms. The minimum Gasteiger partial charge on any atom is -0.375 e. The lowest BCUT2D eigenvalue weighted by Gasteiger charge is -2.18. The van der Waals surface area contributed by atoms with E-state index in [0.29, 0.717) is 22.1 Å². The van der Waals surface area contributed by atoms with Gasteiger partial charge in [0.15, 0.2) is 5.13 Å². The number of carbonyl (C=O) groups is 1. The molecule has 0 radical (unpaired) electrons. The Balaban J connectivity index is 2.02. The van der Waals surface area contributed by atoms with Crippen molar-refractivity contribution >= 4 is 28.6 Å². The van der Waals surface area contributed by atoms with Gasteiger partial charge in [0.25, 0.3) is 5.91 Å². The number of thiazole rings is 1. The van der Waals surface area contributed by atoms with Crippen molar-refractivity contribution in [3.05, 3.63) is 46.0 Å². The van der Waals surface area contributed by atoms with Crippen LogP contribution in [0, 0.1) is 0 Å². The second-order valence-electron chi connectivity index (χ2n) is 6.25. The van der Waals surface area contributed by atoms with Crippen LogP contribution < -0.4 is 11.2 Å². The van der Waals surface area contributed by atoms with Crippen LogP contribution in [0.5, 0.6) is 0 Å². The fraction of sp³-hybridized carbons (Fsp3) is 0.353. The average molecular weight is 330 g/mol. The maximum Gasteiger partial charge on any atom is 0.283 e. The summed E-state index contributed by atoms with van der Waals surface area (Å²) >= 11 is 1.18. The van der Waals surface area contributed by atoms with E-state index in [9.17, 15) is 4.79 Å². The number of hydrogen-bond acceptors (Lipinski definition) is 5. The summed E-state index contributed by atoms with van der Waals surface area (Å²) in [5.74, 6) is -0.279. The molecule has 0 aliphatic rings. The minimum absolute atomic E-state index is 0.118. The molecule has 0 aliphatic heterocycles. The molecule has 1 amide bonds. The molecule has 0 atom stereocenters. The Morgan fingerprint density at radius 1 is 1.35 bits per heavy atom. The lowest BCUT2D eigenvalue weighted by atomic mass is 9.87. The Morgan fingerprint density at radius 2 is 2.00 bits per heavy atom. The lowest BCUT2D eigenvalue weighted by Crippen LogP contribution is -2.17. The normalized spacial score (nSPS) is 11.8. The van der Waals surface area contributed by atoms with Gasteiger partial charge in [-0.1, -0.05) is 63.3 Å². The Bertz CT molecular complexity index is 711. The summed E-state index contributed by atoms with van der Waals surface area (Å²) in [5.41, 5.74) is 11.2. The molecule has 0 spiro atoms. The highest BCUT2D eigenvalue weighted by atomic mass is 32.1. The Kier molecular flexibility index (Phi) is 5.15. The molecule has 122 valence electrons. The van der Waals surface area contributed by atoms with E-state index in [1.807, 2.05) is 19.1 Å². The molecule has 0 saturated heterocycles. The summed E-state index contributed by atoms with van der Waals surface area (Å²) in [6.45, 7) is 8.44. The van der Waals surface area contributed by atoms with Gasteiger partial charge >= 0.3 is 0 Å². The van der Waals surface area contributed by atoms with Crippen LogP contribution in [-0.2, 0) is 11.8 Å². The van der Waals surface area contributed by atoms with E-state index in [4.69, 9.17) is 5.73 Å². The molecule has 1 heterocycles. The smallest absolute Gasteiger partial charge is 0.283 e. The number of hydrogen-bond donors (Lipinski definition) is 2. The van der Waals surface area contributed by atoms with Gasteiger partial charge in [-0.3, -0.25) is 4.79 Å². The zero-order chi connectivity index (χ0) is 17.0. The van der Waals surface area contributed by atoms with Crippen LogP contribution >= 0.6 is 11.3 Å². The zero-order valence-corrected chi connectivity index (χ0v) is 14.7. The molecule has 1 aromatic carbocycles. The van der Waals surface area contributed by atoms with Gasteiger partial charge in [0.05, 0.1) is 11.9 Å². The van der Waals surface area contributed by atoms with E-state index >= 15 is 0 Å². The van der Waals surface area contributed by atoms with Gasteiger partial charge in [-0.05, 0) is 23.0 Å². The number of anilines is 1. The van der Waals surface area contributed by atoms with Crippen molar-refractivity contribution in [1.82, 2.24) is 10.4 Å². The zero-order valence-electron chi connectivity index (χ0n) is 13.9. The van der Waals surface area contributed by atoms with E-state index < -0.39 is 0 Å². The van der Waals surface area contributed by atoms with Gasteiger partial charge in [0.1, 0.15) is 4.88 Å². The number of amides is 1. The van der Waals surface area contributed by atoms with Gasteiger partial charge in [-0.15, -0.1) is 0 Å². The molecule has 0 aliphatic carbocycles. The lowest BCUT2D eigenvalue weighted by molar-refractivity contribution is 0.0958. The van der Waals surface area contributed by atoms with Crippen molar-refractivity contribution in [2.75, 3.05) is 5.73 Å². The van der Waals surface area contributed by atoms with Crippen LogP contribution in [-0.4, -0.2) is 17.1 Å². The van der Waals surface area contributed by atoms with Crippen LogP contribution in [0.15, 0.2) is 29.4 Å². The second kappa shape index (κ2) is 6.91. The van der Waals surface area contributed by atoms with E-state index in [1.54, 1.807) is 6.21 Å².